The molecular formula is C35H60N8O4. The van der Waals surface area contributed by atoms with E-state index in [9.17, 15) is 9.59 Å². The van der Waals surface area contributed by atoms with E-state index in [0.29, 0.717) is 25.7 Å². The van der Waals surface area contributed by atoms with Gasteiger partial charge in [0.15, 0.2) is 0 Å². The number of hydrogen-bond donors (Lipinski definition) is 3. The fourth-order valence-electron chi connectivity index (χ4n) is 7.75. The summed E-state index contributed by atoms with van der Waals surface area (Å²) in [5.74, 6) is -1.15. The van der Waals surface area contributed by atoms with E-state index in [1.165, 1.54) is 14.2 Å². The predicted octanol–water partition coefficient (Wildman–Crippen LogP) is 6.25. The Kier molecular flexibility index (Phi) is 12.0. The number of nitrogens with one attached hydrogen (secondary N) is 3. The Balaban J connectivity index is 2.20. The van der Waals surface area contributed by atoms with Crippen LogP contribution in [0.15, 0.2) is 9.98 Å². The van der Waals surface area contributed by atoms with Gasteiger partial charge >= 0.3 is 11.9 Å². The number of unbranched alkanes of at least 4 members (excludes halogenated alkanes) is 2. The monoisotopic (exact) mass is 656 g/mol. The van der Waals surface area contributed by atoms with Crippen molar-refractivity contribution in [3.05, 3.63) is 0 Å². The number of nitrogens with zero attached hydrogens (tertiary/aromatic N) is 5. The number of rotatable bonds is 12. The van der Waals surface area contributed by atoms with E-state index in [1.54, 1.807) is 0 Å². The maximum Gasteiger partial charge on any atom is 0.352 e. The second-order valence-electron chi connectivity index (χ2n) is 16.7. The van der Waals surface area contributed by atoms with Gasteiger partial charge in [0.25, 0.3) is 11.9 Å². The minimum atomic E-state index is -0.530. The lowest BCUT2D eigenvalue weighted by Crippen LogP contribution is -2.59. The van der Waals surface area contributed by atoms with Gasteiger partial charge in [0.1, 0.15) is 11.4 Å². The molecule has 12 heteroatoms. The summed E-state index contributed by atoms with van der Waals surface area (Å²) in [4.78, 5) is 50.0. The normalized spacial score (nSPS) is 21.6. The van der Waals surface area contributed by atoms with Crippen molar-refractivity contribution < 1.29 is 19.1 Å². The van der Waals surface area contributed by atoms with Crippen LogP contribution in [0.3, 0.4) is 0 Å². The zero-order valence-corrected chi connectivity index (χ0v) is 31.2. The van der Waals surface area contributed by atoms with E-state index in [2.05, 4.69) is 107 Å². The van der Waals surface area contributed by atoms with Crippen molar-refractivity contribution in [2.45, 2.75) is 155 Å². The zero-order chi connectivity index (χ0) is 35.4. The summed E-state index contributed by atoms with van der Waals surface area (Å²) in [5.41, 5.74) is -0.804. The molecule has 0 spiro atoms. The minimum Gasteiger partial charge on any atom is -0.465 e. The Hall–Kier alpha value is -2.99. The summed E-state index contributed by atoms with van der Waals surface area (Å²) in [6, 6.07) is 0. The Morgan fingerprint density at radius 1 is 0.745 bits per heavy atom. The number of aromatic nitrogens is 3. The predicted molar refractivity (Wildman–Crippen MR) is 188 cm³/mol. The zero-order valence-electron chi connectivity index (χ0n) is 31.2. The van der Waals surface area contributed by atoms with Crippen LogP contribution in [0.25, 0.3) is 0 Å². The first kappa shape index (κ1) is 38.5. The molecule has 1 aromatic heterocycles. The van der Waals surface area contributed by atoms with Gasteiger partial charge in [-0.2, -0.15) is 15.0 Å². The Labute approximate surface area is 282 Å². The highest BCUT2D eigenvalue weighted by Crippen LogP contribution is 2.36. The van der Waals surface area contributed by atoms with Crippen LogP contribution >= 0.6 is 0 Å². The number of aliphatic imine (C=N–C) groups is 2. The van der Waals surface area contributed by atoms with E-state index in [4.69, 9.17) is 19.5 Å². The van der Waals surface area contributed by atoms with Gasteiger partial charge in [-0.05, 0) is 101 Å². The van der Waals surface area contributed by atoms with Crippen molar-refractivity contribution >= 4 is 41.2 Å². The lowest BCUT2D eigenvalue weighted by Gasteiger charge is -2.46. The second kappa shape index (κ2) is 14.6. The van der Waals surface area contributed by atoms with Gasteiger partial charge in [0, 0.05) is 39.5 Å². The summed E-state index contributed by atoms with van der Waals surface area (Å²) in [5, 5.41) is 10.8. The number of carbonyl (C=O) groups excluding carboxylic acids is 2. The summed E-state index contributed by atoms with van der Waals surface area (Å²) in [6.45, 7) is 23.3. The Morgan fingerprint density at radius 2 is 1.13 bits per heavy atom. The number of anilines is 1. The molecule has 0 atom stereocenters. The van der Waals surface area contributed by atoms with Crippen molar-refractivity contribution in [2.24, 2.45) is 21.8 Å². The van der Waals surface area contributed by atoms with Crippen molar-refractivity contribution in [2.75, 3.05) is 19.5 Å². The molecular weight excluding hydrogens is 596 g/mol. The molecule has 2 aliphatic heterocycles. The molecule has 12 nitrogen and oxygen atoms in total. The Bertz CT molecular complexity index is 1230. The van der Waals surface area contributed by atoms with Gasteiger partial charge in [-0.3, -0.25) is 0 Å². The van der Waals surface area contributed by atoms with E-state index >= 15 is 0 Å². The third kappa shape index (κ3) is 11.3. The summed E-state index contributed by atoms with van der Waals surface area (Å²) < 4.78 is 10.5. The van der Waals surface area contributed by atoms with Crippen LogP contribution in [0.1, 0.15) is 128 Å². The summed E-state index contributed by atoms with van der Waals surface area (Å²) in [7, 11) is 2.71. The van der Waals surface area contributed by atoms with Crippen LogP contribution in [0, 0.1) is 11.8 Å². The van der Waals surface area contributed by atoms with E-state index in [0.717, 1.165) is 25.7 Å². The summed E-state index contributed by atoms with van der Waals surface area (Å²) in [6.07, 6.45) is 6.84. The molecule has 2 aliphatic rings. The molecule has 264 valence electrons. The summed E-state index contributed by atoms with van der Waals surface area (Å²) >= 11 is 0. The van der Waals surface area contributed by atoms with Gasteiger partial charge in [-0.15, -0.1) is 0 Å². The maximum absolute atomic E-state index is 13.3. The van der Waals surface area contributed by atoms with Crippen LogP contribution in [-0.2, 0) is 19.1 Å². The van der Waals surface area contributed by atoms with Crippen LogP contribution in [0.4, 0.5) is 17.8 Å². The van der Waals surface area contributed by atoms with Gasteiger partial charge in [-0.25, -0.2) is 19.6 Å². The minimum absolute atomic E-state index is 0.0235. The first-order chi connectivity index (χ1) is 21.6. The maximum atomic E-state index is 13.3. The molecule has 0 radical (unpaired) electrons. The number of piperidine rings is 2. The van der Waals surface area contributed by atoms with Crippen molar-refractivity contribution in [3.63, 3.8) is 0 Å². The molecule has 0 amide bonds. The van der Waals surface area contributed by atoms with Crippen LogP contribution in [0.5, 0.6) is 0 Å². The lowest BCUT2D eigenvalue weighted by molar-refractivity contribution is -0.134. The number of hydrogen-bond acceptors (Lipinski definition) is 12. The van der Waals surface area contributed by atoms with Crippen molar-refractivity contribution in [3.8, 4) is 0 Å². The molecule has 3 rings (SSSR count). The molecule has 3 heterocycles. The van der Waals surface area contributed by atoms with Gasteiger partial charge < -0.3 is 25.4 Å². The first-order valence-corrected chi connectivity index (χ1v) is 17.1. The molecule has 2 saturated heterocycles. The number of methoxy groups -OCH3 is 2. The SMILES string of the molecule is CCCCCC(C)(C)Nc1nc(N=C(C(=O)OC)C2CC(C)(C)NC(C)(C)C2)nc(N=C(C(=O)OC)C2CC(C)(C)NC(C)(C)C2)n1. The van der Waals surface area contributed by atoms with Crippen molar-refractivity contribution in [1.29, 1.82) is 0 Å². The van der Waals surface area contributed by atoms with E-state index in [-0.39, 0.29) is 68.8 Å². The molecule has 1 aromatic rings. The number of ether oxygens (including phenoxy) is 2. The van der Waals surface area contributed by atoms with Gasteiger partial charge in [-0.1, -0.05) is 26.2 Å². The fourth-order valence-corrected chi connectivity index (χ4v) is 7.75. The molecule has 0 saturated carbocycles. The third-order valence-electron chi connectivity index (χ3n) is 8.85. The molecule has 2 fully saturated rings. The molecule has 47 heavy (non-hydrogen) atoms. The quantitative estimate of drug-likeness (QED) is 0.134. The number of carbonyl (C=O) groups is 2. The first-order valence-electron chi connectivity index (χ1n) is 17.1. The molecule has 3 N–H and O–H groups in total. The smallest absolute Gasteiger partial charge is 0.352 e. The van der Waals surface area contributed by atoms with Crippen LogP contribution < -0.4 is 16.0 Å². The molecule has 0 aliphatic carbocycles. The van der Waals surface area contributed by atoms with E-state index in [1.807, 2.05) is 0 Å². The largest absolute Gasteiger partial charge is 0.465 e. The standard InChI is InChI=1S/C35H60N8O4/c1-14-15-16-17-31(2,3)41-30-39-28(36-24(26(44)46-12)22-18-32(4,5)42-33(6,7)19-22)38-29(40-30)37-25(27(45)47-13)23-20-34(8,9)43-35(10,11)21-23/h22-23,42-43H,14-21H2,1-13H3,(H,38,39,40,41). The van der Waals surface area contributed by atoms with Crippen LogP contribution in [-0.4, -0.2) is 80.2 Å². The highest BCUT2D eigenvalue weighted by molar-refractivity contribution is 6.38. The highest BCUT2D eigenvalue weighted by atomic mass is 16.5. The van der Waals surface area contributed by atoms with E-state index < -0.39 is 11.9 Å². The second-order valence-corrected chi connectivity index (χ2v) is 16.7. The van der Waals surface area contributed by atoms with Crippen molar-refractivity contribution in [1.82, 2.24) is 25.6 Å². The fraction of sp³-hybridized carbons (Fsp3) is 0.800. The number of esters is 2. The third-order valence-corrected chi connectivity index (χ3v) is 8.85. The van der Waals surface area contributed by atoms with Gasteiger partial charge in [0.2, 0.25) is 5.95 Å². The lowest BCUT2D eigenvalue weighted by atomic mass is 9.74. The average Bonchev–Trinajstić information content (AvgIpc) is 2.90. The molecule has 0 aromatic carbocycles. The van der Waals surface area contributed by atoms with Gasteiger partial charge in [0.05, 0.1) is 14.2 Å². The average molecular weight is 657 g/mol. The Morgan fingerprint density at radius 3 is 1.47 bits per heavy atom. The molecule has 0 bridgehead atoms. The topological polar surface area (TPSA) is 152 Å². The highest BCUT2D eigenvalue weighted by Gasteiger charge is 2.43. The molecule has 0 unspecified atom stereocenters. The van der Waals surface area contributed by atoms with Crippen LogP contribution in [0.2, 0.25) is 0 Å².